The van der Waals surface area contributed by atoms with Gasteiger partial charge in [-0.15, -0.1) is 0 Å². The number of carbonyl (C=O) groups is 1. The third kappa shape index (κ3) is 1.50. The lowest BCUT2D eigenvalue weighted by molar-refractivity contribution is -0.119. The standard InChI is InChI=1S/C5H8N2O2/c1-9-3-4-2-5(8)7-6-4/h2-3H2,1H3,(H,7,8). The lowest BCUT2D eigenvalue weighted by Gasteiger charge is -1.91. The van der Waals surface area contributed by atoms with E-state index in [1.54, 1.807) is 7.11 Å². The molecule has 0 fully saturated rings. The number of nitrogens with zero attached hydrogens (tertiary/aromatic N) is 1. The largest absolute Gasteiger partial charge is 0.379 e. The summed E-state index contributed by atoms with van der Waals surface area (Å²) < 4.78 is 4.75. The highest BCUT2D eigenvalue weighted by Crippen LogP contribution is 1.94. The van der Waals surface area contributed by atoms with Crippen molar-refractivity contribution < 1.29 is 9.53 Å². The minimum absolute atomic E-state index is 0.0537. The summed E-state index contributed by atoms with van der Waals surface area (Å²) in [5.41, 5.74) is 3.09. The Labute approximate surface area is 52.9 Å². The second kappa shape index (κ2) is 2.59. The van der Waals surface area contributed by atoms with Crippen LogP contribution in [0.4, 0.5) is 0 Å². The lowest BCUT2D eigenvalue weighted by Crippen LogP contribution is -2.10. The van der Waals surface area contributed by atoms with Gasteiger partial charge in [-0.2, -0.15) is 5.10 Å². The molecule has 1 heterocycles. The molecule has 9 heavy (non-hydrogen) atoms. The second-order valence-corrected chi connectivity index (χ2v) is 1.82. The summed E-state index contributed by atoms with van der Waals surface area (Å²) in [6.45, 7) is 0.443. The molecule has 0 unspecified atom stereocenters. The molecule has 4 heteroatoms. The van der Waals surface area contributed by atoms with Crippen LogP contribution in [0.1, 0.15) is 6.42 Å². The van der Waals surface area contributed by atoms with Gasteiger partial charge in [0.1, 0.15) is 0 Å². The molecule has 1 aliphatic heterocycles. The van der Waals surface area contributed by atoms with Crippen LogP contribution >= 0.6 is 0 Å². The van der Waals surface area contributed by atoms with Gasteiger partial charge in [-0.3, -0.25) is 4.79 Å². The molecule has 1 aliphatic rings. The van der Waals surface area contributed by atoms with Crippen molar-refractivity contribution in [2.24, 2.45) is 5.10 Å². The summed E-state index contributed by atoms with van der Waals surface area (Å²) in [6.07, 6.45) is 0.383. The summed E-state index contributed by atoms with van der Waals surface area (Å²) in [7, 11) is 1.57. The molecule has 1 rings (SSSR count). The number of ether oxygens (including phenoxy) is 1. The van der Waals surface area contributed by atoms with Gasteiger partial charge in [0.15, 0.2) is 0 Å². The van der Waals surface area contributed by atoms with E-state index in [1.165, 1.54) is 0 Å². The highest BCUT2D eigenvalue weighted by atomic mass is 16.5. The Morgan fingerprint density at radius 2 is 2.67 bits per heavy atom. The van der Waals surface area contributed by atoms with E-state index in [0.29, 0.717) is 13.0 Å². The Hall–Kier alpha value is -0.900. The van der Waals surface area contributed by atoms with E-state index < -0.39 is 0 Å². The van der Waals surface area contributed by atoms with Crippen molar-refractivity contribution in [3.05, 3.63) is 0 Å². The number of hydrogen-bond acceptors (Lipinski definition) is 3. The number of hydrogen-bond donors (Lipinski definition) is 1. The first kappa shape index (κ1) is 6.22. The van der Waals surface area contributed by atoms with Crippen molar-refractivity contribution in [2.75, 3.05) is 13.7 Å². The van der Waals surface area contributed by atoms with Crippen molar-refractivity contribution in [2.45, 2.75) is 6.42 Å². The molecule has 0 saturated carbocycles. The minimum Gasteiger partial charge on any atom is -0.379 e. The number of methoxy groups -OCH3 is 1. The fraction of sp³-hybridized carbons (Fsp3) is 0.600. The average molecular weight is 128 g/mol. The lowest BCUT2D eigenvalue weighted by atomic mass is 10.3. The molecule has 0 aromatic rings. The zero-order valence-corrected chi connectivity index (χ0v) is 5.18. The van der Waals surface area contributed by atoms with E-state index in [9.17, 15) is 4.79 Å². The van der Waals surface area contributed by atoms with Gasteiger partial charge in [0.25, 0.3) is 0 Å². The Kier molecular flexibility index (Phi) is 1.79. The van der Waals surface area contributed by atoms with Crippen LogP contribution in [0.5, 0.6) is 0 Å². The van der Waals surface area contributed by atoms with Gasteiger partial charge in [-0.1, -0.05) is 0 Å². The van der Waals surface area contributed by atoms with Gasteiger partial charge in [-0.05, 0) is 0 Å². The first-order valence-electron chi connectivity index (χ1n) is 2.66. The zero-order valence-electron chi connectivity index (χ0n) is 5.18. The van der Waals surface area contributed by atoms with E-state index in [4.69, 9.17) is 4.74 Å². The summed E-state index contributed by atoms with van der Waals surface area (Å²) in [4.78, 5) is 10.4. The van der Waals surface area contributed by atoms with E-state index in [-0.39, 0.29) is 5.91 Å². The monoisotopic (exact) mass is 128 g/mol. The van der Waals surface area contributed by atoms with Crippen LogP contribution in [0.15, 0.2) is 5.10 Å². The smallest absolute Gasteiger partial charge is 0.245 e. The van der Waals surface area contributed by atoms with E-state index in [1.807, 2.05) is 0 Å². The number of carbonyl (C=O) groups excluding carboxylic acids is 1. The summed E-state index contributed by atoms with van der Waals surface area (Å²) in [6, 6.07) is 0. The normalized spacial score (nSPS) is 17.4. The predicted molar refractivity (Wildman–Crippen MR) is 32.1 cm³/mol. The molecule has 0 aromatic carbocycles. The Morgan fingerprint density at radius 1 is 1.89 bits per heavy atom. The van der Waals surface area contributed by atoms with Crippen molar-refractivity contribution in [1.82, 2.24) is 5.43 Å². The topological polar surface area (TPSA) is 50.7 Å². The molecule has 50 valence electrons. The van der Waals surface area contributed by atoms with Crippen molar-refractivity contribution in [1.29, 1.82) is 0 Å². The second-order valence-electron chi connectivity index (χ2n) is 1.82. The Bertz CT molecular complexity index is 153. The van der Waals surface area contributed by atoms with Gasteiger partial charge in [0.2, 0.25) is 5.91 Å². The maximum atomic E-state index is 10.4. The highest BCUT2D eigenvalue weighted by molar-refractivity contribution is 6.05. The first-order chi connectivity index (χ1) is 4.33. The molecule has 1 N–H and O–H groups in total. The first-order valence-corrected chi connectivity index (χ1v) is 2.66. The van der Waals surface area contributed by atoms with E-state index in [0.717, 1.165) is 5.71 Å². The molecule has 0 aliphatic carbocycles. The molecular weight excluding hydrogens is 120 g/mol. The minimum atomic E-state index is -0.0537. The summed E-state index contributed by atoms with van der Waals surface area (Å²) in [5, 5.41) is 3.70. The molecular formula is C5H8N2O2. The molecule has 0 spiro atoms. The highest BCUT2D eigenvalue weighted by Gasteiger charge is 2.12. The zero-order chi connectivity index (χ0) is 6.69. The van der Waals surface area contributed by atoms with Crippen LogP contribution in [0, 0.1) is 0 Å². The molecule has 0 aromatic heterocycles. The quantitative estimate of drug-likeness (QED) is 0.545. The number of rotatable bonds is 2. The van der Waals surface area contributed by atoms with E-state index in [2.05, 4.69) is 10.5 Å². The number of nitrogens with one attached hydrogen (secondary N) is 1. The third-order valence-electron chi connectivity index (χ3n) is 1.01. The van der Waals surface area contributed by atoms with Crippen LogP contribution < -0.4 is 5.43 Å². The van der Waals surface area contributed by atoms with Crippen molar-refractivity contribution >= 4 is 11.6 Å². The van der Waals surface area contributed by atoms with Crippen molar-refractivity contribution in [3.8, 4) is 0 Å². The molecule has 0 bridgehead atoms. The summed E-state index contributed by atoms with van der Waals surface area (Å²) >= 11 is 0. The summed E-state index contributed by atoms with van der Waals surface area (Å²) in [5.74, 6) is -0.0537. The Morgan fingerprint density at radius 3 is 3.11 bits per heavy atom. The molecule has 0 radical (unpaired) electrons. The third-order valence-corrected chi connectivity index (χ3v) is 1.01. The van der Waals surface area contributed by atoms with Gasteiger partial charge >= 0.3 is 0 Å². The average Bonchev–Trinajstić information content (AvgIpc) is 2.17. The van der Waals surface area contributed by atoms with Gasteiger partial charge < -0.3 is 4.74 Å². The van der Waals surface area contributed by atoms with Crippen LogP contribution in [0.3, 0.4) is 0 Å². The maximum absolute atomic E-state index is 10.4. The maximum Gasteiger partial charge on any atom is 0.245 e. The van der Waals surface area contributed by atoms with Crippen molar-refractivity contribution in [3.63, 3.8) is 0 Å². The SMILES string of the molecule is COCC1=NNC(=O)C1. The van der Waals surface area contributed by atoms with Crippen LogP contribution in [0.2, 0.25) is 0 Å². The van der Waals surface area contributed by atoms with Crippen LogP contribution in [-0.2, 0) is 9.53 Å². The predicted octanol–water partition coefficient (Wildman–Crippen LogP) is -0.491. The molecule has 0 atom stereocenters. The number of hydrazone groups is 1. The number of amides is 1. The van der Waals surface area contributed by atoms with Gasteiger partial charge in [0.05, 0.1) is 18.7 Å². The fourth-order valence-corrected chi connectivity index (χ4v) is 0.656. The molecule has 1 amide bonds. The van der Waals surface area contributed by atoms with Crippen LogP contribution in [-0.4, -0.2) is 25.3 Å². The van der Waals surface area contributed by atoms with Gasteiger partial charge in [-0.25, -0.2) is 5.43 Å². The Balaban J connectivity index is 2.36. The fourth-order valence-electron chi connectivity index (χ4n) is 0.656. The van der Waals surface area contributed by atoms with Crippen LogP contribution in [0.25, 0.3) is 0 Å². The molecule has 0 saturated heterocycles. The molecule has 4 nitrogen and oxygen atoms in total. The van der Waals surface area contributed by atoms with E-state index >= 15 is 0 Å². The van der Waals surface area contributed by atoms with Gasteiger partial charge in [0, 0.05) is 7.11 Å².